The van der Waals surface area contributed by atoms with Crippen LogP contribution in [0.2, 0.25) is 0 Å². The Labute approximate surface area is 74.1 Å². The highest BCUT2D eigenvalue weighted by atomic mass is 35.5. The van der Waals surface area contributed by atoms with E-state index in [0.717, 1.165) is 5.69 Å². The lowest BCUT2D eigenvalue weighted by atomic mass is 10.5. The minimum absolute atomic E-state index is 0. The highest BCUT2D eigenvalue weighted by Crippen LogP contribution is 2.14. The minimum Gasteiger partial charge on any atom is -0.368 e. The number of thiophene rings is 1. The van der Waals surface area contributed by atoms with Crippen molar-refractivity contribution in [3.8, 4) is 0 Å². The molecule has 1 heterocycles. The van der Waals surface area contributed by atoms with Gasteiger partial charge < -0.3 is 5.73 Å². The van der Waals surface area contributed by atoms with Crippen LogP contribution in [0.5, 0.6) is 0 Å². The third-order valence-corrected chi connectivity index (χ3v) is 1.54. The standard InChI is InChI=1S/C5H7N3OS.ClH/c6-5(8-9)7-4-1-2-10-3-4;/h1-3,9H,(H3,6,7,8);1H. The molecule has 11 heavy (non-hydrogen) atoms. The number of halogens is 1. The van der Waals surface area contributed by atoms with Crippen molar-refractivity contribution in [2.75, 3.05) is 0 Å². The van der Waals surface area contributed by atoms with E-state index in [1.54, 1.807) is 11.5 Å². The molecule has 1 aromatic rings. The SMILES string of the molecule is Cl.NC(=Nc1ccsc1)NO. The number of hydroxylamine groups is 1. The first-order valence-corrected chi connectivity index (χ1v) is 3.53. The Balaban J connectivity index is 0.000001000. The van der Waals surface area contributed by atoms with Crippen molar-refractivity contribution in [1.29, 1.82) is 0 Å². The fraction of sp³-hybridized carbons (Fsp3) is 0. The molecule has 0 aliphatic heterocycles. The molecule has 1 aromatic heterocycles. The van der Waals surface area contributed by atoms with Gasteiger partial charge in [-0.1, -0.05) is 0 Å². The number of hydrogen-bond donors (Lipinski definition) is 3. The van der Waals surface area contributed by atoms with E-state index >= 15 is 0 Å². The summed E-state index contributed by atoms with van der Waals surface area (Å²) in [5, 5.41) is 11.9. The molecule has 0 atom stereocenters. The second-order valence-electron chi connectivity index (χ2n) is 1.59. The highest BCUT2D eigenvalue weighted by molar-refractivity contribution is 7.08. The van der Waals surface area contributed by atoms with Crippen molar-refractivity contribution >= 4 is 35.4 Å². The van der Waals surface area contributed by atoms with Crippen LogP contribution in [0, 0.1) is 0 Å². The molecule has 0 spiro atoms. The molecule has 0 aliphatic carbocycles. The van der Waals surface area contributed by atoms with Gasteiger partial charge in [-0.25, -0.2) is 10.5 Å². The smallest absolute Gasteiger partial charge is 0.218 e. The number of nitrogens with one attached hydrogen (secondary N) is 1. The number of guanidine groups is 1. The van der Waals surface area contributed by atoms with Gasteiger partial charge in [-0.2, -0.15) is 11.3 Å². The van der Waals surface area contributed by atoms with Gasteiger partial charge in [0, 0.05) is 5.38 Å². The van der Waals surface area contributed by atoms with E-state index in [1.165, 1.54) is 11.3 Å². The topological polar surface area (TPSA) is 70.6 Å². The second kappa shape index (κ2) is 4.95. The summed E-state index contributed by atoms with van der Waals surface area (Å²) in [6.45, 7) is 0. The fourth-order valence-electron chi connectivity index (χ4n) is 0.485. The lowest BCUT2D eigenvalue weighted by Crippen LogP contribution is -2.27. The molecule has 0 fully saturated rings. The van der Waals surface area contributed by atoms with Crippen LogP contribution in [0.1, 0.15) is 0 Å². The zero-order chi connectivity index (χ0) is 7.40. The largest absolute Gasteiger partial charge is 0.368 e. The van der Waals surface area contributed by atoms with Crippen molar-refractivity contribution in [2.45, 2.75) is 0 Å². The van der Waals surface area contributed by atoms with Crippen LogP contribution in [0.4, 0.5) is 5.69 Å². The van der Waals surface area contributed by atoms with Crippen molar-refractivity contribution in [3.05, 3.63) is 16.8 Å². The summed E-state index contributed by atoms with van der Waals surface area (Å²) in [7, 11) is 0. The van der Waals surface area contributed by atoms with E-state index < -0.39 is 0 Å². The van der Waals surface area contributed by atoms with E-state index in [0.29, 0.717) is 0 Å². The predicted octanol–water partition coefficient (Wildman–Crippen LogP) is 1.09. The zero-order valence-electron chi connectivity index (χ0n) is 5.52. The van der Waals surface area contributed by atoms with Gasteiger partial charge in [0.2, 0.25) is 5.96 Å². The maximum atomic E-state index is 8.23. The maximum Gasteiger partial charge on any atom is 0.218 e. The van der Waals surface area contributed by atoms with E-state index in [4.69, 9.17) is 10.9 Å². The van der Waals surface area contributed by atoms with Gasteiger partial charge >= 0.3 is 0 Å². The molecule has 6 heteroatoms. The summed E-state index contributed by atoms with van der Waals surface area (Å²) in [4.78, 5) is 3.78. The minimum atomic E-state index is -0.00148. The molecule has 0 radical (unpaired) electrons. The zero-order valence-corrected chi connectivity index (χ0v) is 7.15. The molecular weight excluding hydrogens is 186 g/mol. The molecule has 0 unspecified atom stereocenters. The number of nitrogens with two attached hydrogens (primary N) is 1. The van der Waals surface area contributed by atoms with Crippen LogP contribution < -0.4 is 11.2 Å². The van der Waals surface area contributed by atoms with Gasteiger partial charge in [-0.05, 0) is 11.4 Å². The van der Waals surface area contributed by atoms with Gasteiger partial charge in [0.15, 0.2) is 0 Å². The summed E-state index contributed by atoms with van der Waals surface area (Å²) in [6, 6.07) is 1.80. The van der Waals surface area contributed by atoms with E-state index in [1.807, 2.05) is 10.8 Å². The molecule has 1 rings (SSSR count). The Bertz CT molecular complexity index is 224. The van der Waals surface area contributed by atoms with Gasteiger partial charge in [-0.3, -0.25) is 5.21 Å². The van der Waals surface area contributed by atoms with Crippen molar-refractivity contribution in [3.63, 3.8) is 0 Å². The summed E-state index contributed by atoms with van der Waals surface area (Å²) in [6.07, 6.45) is 0. The normalized spacial score (nSPS) is 10.5. The van der Waals surface area contributed by atoms with Gasteiger partial charge in [0.25, 0.3) is 0 Å². The molecule has 0 saturated heterocycles. The third kappa shape index (κ3) is 3.22. The quantitative estimate of drug-likeness (QED) is 0.355. The van der Waals surface area contributed by atoms with Crippen LogP contribution in [0.3, 0.4) is 0 Å². The lowest BCUT2D eigenvalue weighted by molar-refractivity contribution is 0.233. The van der Waals surface area contributed by atoms with Crippen LogP contribution in [-0.4, -0.2) is 11.2 Å². The average molecular weight is 194 g/mol. The summed E-state index contributed by atoms with van der Waals surface area (Å²) in [5.74, 6) is -0.00148. The van der Waals surface area contributed by atoms with Crippen LogP contribution in [0.25, 0.3) is 0 Å². The average Bonchev–Trinajstić information content (AvgIpc) is 2.40. The van der Waals surface area contributed by atoms with Crippen LogP contribution in [0.15, 0.2) is 21.8 Å². The Morgan fingerprint density at radius 1 is 1.73 bits per heavy atom. The maximum absolute atomic E-state index is 8.23. The van der Waals surface area contributed by atoms with Gasteiger partial charge in [-0.15, -0.1) is 12.4 Å². The fourth-order valence-corrected chi connectivity index (χ4v) is 1.05. The van der Waals surface area contributed by atoms with E-state index in [9.17, 15) is 0 Å². The van der Waals surface area contributed by atoms with E-state index in [-0.39, 0.29) is 18.4 Å². The summed E-state index contributed by atoms with van der Waals surface area (Å²) >= 11 is 1.52. The Hall–Kier alpha value is -0.780. The number of rotatable bonds is 1. The lowest BCUT2D eigenvalue weighted by Gasteiger charge is -1.92. The molecular formula is C5H8ClN3OS. The molecule has 0 amide bonds. The first-order chi connectivity index (χ1) is 4.83. The van der Waals surface area contributed by atoms with Crippen LogP contribution >= 0.6 is 23.7 Å². The Kier molecular flexibility index (Phi) is 4.60. The number of aliphatic imine (C=N–C) groups is 1. The number of nitrogens with zero attached hydrogens (tertiary/aromatic N) is 1. The van der Waals surface area contributed by atoms with Crippen molar-refractivity contribution in [1.82, 2.24) is 5.48 Å². The molecule has 62 valence electrons. The van der Waals surface area contributed by atoms with Crippen molar-refractivity contribution < 1.29 is 5.21 Å². The first kappa shape index (κ1) is 10.2. The third-order valence-electron chi connectivity index (χ3n) is 0.870. The van der Waals surface area contributed by atoms with E-state index in [2.05, 4.69) is 4.99 Å². The molecule has 4 nitrogen and oxygen atoms in total. The Morgan fingerprint density at radius 3 is 2.91 bits per heavy atom. The molecule has 4 N–H and O–H groups in total. The monoisotopic (exact) mass is 193 g/mol. The van der Waals surface area contributed by atoms with Crippen LogP contribution in [-0.2, 0) is 0 Å². The Morgan fingerprint density at radius 2 is 2.45 bits per heavy atom. The number of hydrogen-bond acceptors (Lipinski definition) is 3. The van der Waals surface area contributed by atoms with Crippen molar-refractivity contribution in [2.24, 2.45) is 10.7 Å². The molecule has 0 aliphatic rings. The summed E-state index contributed by atoms with van der Waals surface area (Å²) < 4.78 is 0. The van der Waals surface area contributed by atoms with Gasteiger partial charge in [0.1, 0.15) is 0 Å². The predicted molar refractivity (Wildman–Crippen MR) is 47.8 cm³/mol. The molecule has 0 aromatic carbocycles. The summed E-state index contributed by atoms with van der Waals surface area (Å²) in [5.41, 5.74) is 7.63. The van der Waals surface area contributed by atoms with Gasteiger partial charge in [0.05, 0.1) is 5.69 Å². The first-order valence-electron chi connectivity index (χ1n) is 2.59. The second-order valence-corrected chi connectivity index (χ2v) is 2.37. The highest BCUT2D eigenvalue weighted by Gasteiger charge is 1.89. The molecule has 0 bridgehead atoms. The molecule has 0 saturated carbocycles.